The second kappa shape index (κ2) is 4.82. The Morgan fingerprint density at radius 2 is 1.19 bits per heavy atom. The smallest absolute Gasteiger partial charge is 0.255 e. The molecule has 1 aromatic carbocycles. The van der Waals surface area contributed by atoms with Crippen molar-refractivity contribution >= 4 is 23.6 Å². The largest absolute Gasteiger partial charge is 0.289 e. The summed E-state index contributed by atoms with van der Waals surface area (Å²) in [5.41, 5.74) is 0.967. The van der Waals surface area contributed by atoms with E-state index in [4.69, 9.17) is 0 Å². The number of hydrogen-bond acceptors (Lipinski definition) is 4. The van der Waals surface area contributed by atoms with Crippen LogP contribution >= 0.6 is 0 Å². The molecule has 0 spiro atoms. The Kier molecular flexibility index (Phi) is 2.98. The highest BCUT2D eigenvalue weighted by Gasteiger charge is 2.36. The van der Waals surface area contributed by atoms with Crippen molar-refractivity contribution in [3.63, 3.8) is 0 Å². The monoisotopic (exact) mass is 282 g/mol. The van der Waals surface area contributed by atoms with Gasteiger partial charge in [0.25, 0.3) is 23.6 Å². The molecule has 4 amide bonds. The zero-order valence-electron chi connectivity index (χ0n) is 10.8. The summed E-state index contributed by atoms with van der Waals surface area (Å²) in [6, 6.07) is 8.78. The van der Waals surface area contributed by atoms with E-state index in [1.54, 1.807) is 30.3 Å². The molecule has 2 aliphatic rings. The van der Waals surface area contributed by atoms with Crippen LogP contribution in [-0.4, -0.2) is 23.6 Å². The Bertz CT molecular complexity index is 687. The Morgan fingerprint density at radius 3 is 1.57 bits per heavy atom. The van der Waals surface area contributed by atoms with Crippen molar-refractivity contribution in [2.75, 3.05) is 0 Å². The summed E-state index contributed by atoms with van der Waals surface area (Å²) in [5, 5.41) is 4.30. The van der Waals surface area contributed by atoms with E-state index >= 15 is 0 Å². The third-order valence-corrected chi connectivity index (χ3v) is 3.33. The Morgan fingerprint density at radius 1 is 0.714 bits per heavy atom. The normalized spacial score (nSPS) is 17.8. The van der Waals surface area contributed by atoms with Gasteiger partial charge in [0.2, 0.25) is 0 Å². The topological polar surface area (TPSA) is 92.3 Å². The first-order chi connectivity index (χ1) is 10.1. The average Bonchev–Trinajstić information content (AvgIpc) is 2.94. The maximum Gasteiger partial charge on any atom is 0.255 e. The van der Waals surface area contributed by atoms with Gasteiger partial charge in [-0.1, -0.05) is 30.3 Å². The van der Waals surface area contributed by atoms with Crippen LogP contribution in [0.3, 0.4) is 0 Å². The molecule has 2 heterocycles. The molecule has 3 rings (SSSR count). The molecule has 2 aliphatic heterocycles. The van der Waals surface area contributed by atoms with E-state index in [0.29, 0.717) is 5.56 Å². The van der Waals surface area contributed by atoms with E-state index in [1.807, 2.05) is 0 Å². The Balaban J connectivity index is 2.13. The summed E-state index contributed by atoms with van der Waals surface area (Å²) in [4.78, 5) is 46.5. The summed E-state index contributed by atoms with van der Waals surface area (Å²) in [5.74, 6) is -2.91. The molecule has 104 valence electrons. The van der Waals surface area contributed by atoms with Crippen molar-refractivity contribution in [1.29, 1.82) is 0 Å². The summed E-state index contributed by atoms with van der Waals surface area (Å²) in [6.07, 6.45) is 2.33. The third-order valence-electron chi connectivity index (χ3n) is 3.33. The predicted molar refractivity (Wildman–Crippen MR) is 71.6 cm³/mol. The fraction of sp³-hybridized carbons (Fsp3) is 0.0667. The summed E-state index contributed by atoms with van der Waals surface area (Å²) in [6.45, 7) is 0. The van der Waals surface area contributed by atoms with E-state index in [2.05, 4.69) is 10.6 Å². The van der Waals surface area contributed by atoms with Crippen molar-refractivity contribution in [1.82, 2.24) is 10.6 Å². The number of carbonyl (C=O) groups excluding carboxylic acids is 4. The predicted octanol–water partition coefficient (Wildman–Crippen LogP) is -0.0642. The van der Waals surface area contributed by atoms with E-state index < -0.39 is 29.5 Å². The number of nitrogens with one attached hydrogen (secondary N) is 2. The van der Waals surface area contributed by atoms with Crippen molar-refractivity contribution in [2.45, 2.75) is 5.92 Å². The van der Waals surface area contributed by atoms with E-state index in [1.165, 1.54) is 0 Å². The van der Waals surface area contributed by atoms with Gasteiger partial charge < -0.3 is 0 Å². The zero-order valence-corrected chi connectivity index (χ0v) is 10.8. The molecule has 6 heteroatoms. The van der Waals surface area contributed by atoms with Gasteiger partial charge >= 0.3 is 0 Å². The van der Waals surface area contributed by atoms with Crippen molar-refractivity contribution in [3.05, 3.63) is 59.2 Å². The van der Waals surface area contributed by atoms with Crippen LogP contribution in [0.4, 0.5) is 0 Å². The standard InChI is InChI=1S/C15H10N2O4/c18-11-6-9(14(20)16-11)13(8-4-2-1-3-5-8)10-7-12(19)17-15(10)21/h1-7,13H,(H,16,18,20)(H,17,19,21). The minimum absolute atomic E-state index is 0.155. The minimum atomic E-state index is -0.746. The average molecular weight is 282 g/mol. The van der Waals surface area contributed by atoms with Crippen LogP contribution in [0.5, 0.6) is 0 Å². The molecule has 2 N–H and O–H groups in total. The van der Waals surface area contributed by atoms with Gasteiger partial charge in [-0.15, -0.1) is 0 Å². The summed E-state index contributed by atoms with van der Waals surface area (Å²) >= 11 is 0. The molecule has 21 heavy (non-hydrogen) atoms. The van der Waals surface area contributed by atoms with Crippen LogP contribution in [-0.2, 0) is 19.2 Å². The van der Waals surface area contributed by atoms with Crippen LogP contribution in [0.25, 0.3) is 0 Å². The molecule has 0 fully saturated rings. The van der Waals surface area contributed by atoms with Gasteiger partial charge in [-0.3, -0.25) is 29.8 Å². The van der Waals surface area contributed by atoms with Crippen LogP contribution in [0, 0.1) is 0 Å². The van der Waals surface area contributed by atoms with Gasteiger partial charge in [-0.05, 0) is 5.56 Å². The van der Waals surface area contributed by atoms with E-state index in [0.717, 1.165) is 12.2 Å². The van der Waals surface area contributed by atoms with Crippen LogP contribution < -0.4 is 10.6 Å². The lowest BCUT2D eigenvalue weighted by atomic mass is 9.84. The molecule has 0 aliphatic carbocycles. The Hall–Kier alpha value is -3.02. The van der Waals surface area contributed by atoms with Crippen molar-refractivity contribution in [2.24, 2.45) is 0 Å². The first-order valence-corrected chi connectivity index (χ1v) is 6.25. The molecule has 0 atom stereocenters. The van der Waals surface area contributed by atoms with Crippen LogP contribution in [0.1, 0.15) is 11.5 Å². The SMILES string of the molecule is O=C1C=C(C(C2=CC(=O)NC2=O)c2ccccc2)C(=O)N1. The van der Waals surface area contributed by atoms with Gasteiger partial charge in [0.1, 0.15) is 0 Å². The third kappa shape index (κ3) is 2.27. The van der Waals surface area contributed by atoms with Gasteiger partial charge in [0, 0.05) is 29.2 Å². The molecule has 1 aromatic rings. The van der Waals surface area contributed by atoms with Crippen molar-refractivity contribution in [3.8, 4) is 0 Å². The molecule has 0 unspecified atom stereocenters. The van der Waals surface area contributed by atoms with Gasteiger partial charge in [0.15, 0.2) is 0 Å². The molecule has 0 aromatic heterocycles. The first kappa shape index (κ1) is 13.0. The summed E-state index contributed by atoms with van der Waals surface area (Å²) < 4.78 is 0. The number of benzene rings is 1. The first-order valence-electron chi connectivity index (χ1n) is 6.25. The van der Waals surface area contributed by atoms with E-state index in [-0.39, 0.29) is 11.1 Å². The van der Waals surface area contributed by atoms with E-state index in [9.17, 15) is 19.2 Å². The molecule has 6 nitrogen and oxygen atoms in total. The second-order valence-corrected chi connectivity index (χ2v) is 4.68. The molecular weight excluding hydrogens is 272 g/mol. The highest BCUT2D eigenvalue weighted by Crippen LogP contribution is 2.34. The molecular formula is C15H10N2O4. The molecule has 0 saturated heterocycles. The lowest BCUT2D eigenvalue weighted by Gasteiger charge is -2.17. The number of imide groups is 2. The van der Waals surface area contributed by atoms with Crippen LogP contribution in [0.15, 0.2) is 53.6 Å². The molecule has 0 saturated carbocycles. The highest BCUT2D eigenvalue weighted by atomic mass is 16.2. The van der Waals surface area contributed by atoms with Gasteiger partial charge in [-0.2, -0.15) is 0 Å². The summed E-state index contributed by atoms with van der Waals surface area (Å²) in [7, 11) is 0. The minimum Gasteiger partial charge on any atom is -0.289 e. The fourth-order valence-electron chi connectivity index (χ4n) is 2.45. The fourth-order valence-corrected chi connectivity index (χ4v) is 2.45. The number of hydrogen-bond donors (Lipinski definition) is 2. The second-order valence-electron chi connectivity index (χ2n) is 4.68. The maximum atomic E-state index is 11.9. The molecule has 0 radical (unpaired) electrons. The highest BCUT2D eigenvalue weighted by molar-refractivity contribution is 6.21. The lowest BCUT2D eigenvalue weighted by molar-refractivity contribution is -0.125. The number of carbonyl (C=O) groups is 4. The number of amides is 4. The zero-order chi connectivity index (χ0) is 15.0. The van der Waals surface area contributed by atoms with Crippen molar-refractivity contribution < 1.29 is 19.2 Å². The van der Waals surface area contributed by atoms with Crippen LogP contribution in [0.2, 0.25) is 0 Å². The Labute approximate surface area is 119 Å². The number of rotatable bonds is 3. The molecule has 0 bridgehead atoms. The lowest BCUT2D eigenvalue weighted by Crippen LogP contribution is -2.27. The quantitative estimate of drug-likeness (QED) is 0.759. The van der Waals surface area contributed by atoms with Gasteiger partial charge in [-0.25, -0.2) is 0 Å². The maximum absolute atomic E-state index is 11.9. The van der Waals surface area contributed by atoms with Gasteiger partial charge in [0.05, 0.1) is 0 Å².